The van der Waals surface area contributed by atoms with Gasteiger partial charge in [0, 0.05) is 16.5 Å². The first-order valence-electron chi connectivity index (χ1n) is 11.5. The first-order valence-corrected chi connectivity index (χ1v) is 11.5. The summed E-state index contributed by atoms with van der Waals surface area (Å²) in [5.74, 6) is -0.322. The number of halogens is 3. The number of hydrogen-bond donors (Lipinski definition) is 1. The molecule has 1 heterocycles. The summed E-state index contributed by atoms with van der Waals surface area (Å²) in [5, 5.41) is 25.3. The van der Waals surface area contributed by atoms with Gasteiger partial charge in [0.2, 0.25) is 0 Å². The third-order valence-corrected chi connectivity index (χ3v) is 7.37. The Morgan fingerprint density at radius 3 is 2.46 bits per heavy atom. The van der Waals surface area contributed by atoms with E-state index in [-0.39, 0.29) is 17.6 Å². The molecule has 5 rings (SSSR count). The van der Waals surface area contributed by atoms with Gasteiger partial charge in [-0.25, -0.2) is 4.68 Å². The fourth-order valence-corrected chi connectivity index (χ4v) is 5.76. The summed E-state index contributed by atoms with van der Waals surface area (Å²) in [7, 11) is 0. The van der Waals surface area contributed by atoms with Gasteiger partial charge in [0.05, 0.1) is 34.8 Å². The van der Waals surface area contributed by atoms with Gasteiger partial charge in [-0.2, -0.15) is 10.4 Å². The van der Waals surface area contributed by atoms with Crippen LogP contribution < -0.4 is 4.74 Å². The van der Waals surface area contributed by atoms with Crippen LogP contribution in [0, 0.1) is 23.2 Å². The average molecular weight is 480 g/mol. The lowest BCUT2D eigenvalue weighted by Gasteiger charge is -2.46. The van der Waals surface area contributed by atoms with Crippen LogP contribution in [0.15, 0.2) is 66.2 Å². The molecule has 0 spiro atoms. The van der Waals surface area contributed by atoms with Crippen molar-refractivity contribution < 1.29 is 23.0 Å². The minimum Gasteiger partial charge on any atom is -0.406 e. The standard InChI is InChI=1S/C27H24F3N3O2/c1-16-22-13-12-21-23(17-6-4-3-5-7-17)33(19-8-10-20(11-9-19)35-27(28,29)30)32-25(21)26(22,2)14-18(15-31)24(16)34/h3-11,14,16,22,24,34H,12-13H2,1-2H3/t16-,22-,24?,26-/m1/s1. The second-order valence-corrected chi connectivity index (χ2v) is 9.44. The Bertz CT molecular complexity index is 1320. The number of nitriles is 1. The molecule has 180 valence electrons. The molecule has 2 aliphatic rings. The zero-order valence-electron chi connectivity index (χ0n) is 19.3. The highest BCUT2D eigenvalue weighted by atomic mass is 19.4. The van der Waals surface area contributed by atoms with Crippen LogP contribution in [0.3, 0.4) is 0 Å². The Morgan fingerprint density at radius 2 is 1.83 bits per heavy atom. The van der Waals surface area contributed by atoms with E-state index in [0.29, 0.717) is 11.3 Å². The highest BCUT2D eigenvalue weighted by Gasteiger charge is 2.50. The third kappa shape index (κ3) is 3.90. The second-order valence-electron chi connectivity index (χ2n) is 9.44. The highest BCUT2D eigenvalue weighted by molar-refractivity contribution is 5.69. The number of aliphatic hydroxyl groups excluding tert-OH is 1. The predicted octanol–water partition coefficient (Wildman–Crippen LogP) is 5.72. The molecule has 35 heavy (non-hydrogen) atoms. The Morgan fingerprint density at radius 1 is 1.14 bits per heavy atom. The summed E-state index contributed by atoms with van der Waals surface area (Å²) in [5.41, 5.74) is 4.06. The molecule has 0 fully saturated rings. The smallest absolute Gasteiger partial charge is 0.406 e. The quantitative estimate of drug-likeness (QED) is 0.522. The molecule has 2 aromatic carbocycles. The van der Waals surface area contributed by atoms with Crippen LogP contribution in [0.1, 0.15) is 31.5 Å². The van der Waals surface area contributed by atoms with Crippen LogP contribution in [0.5, 0.6) is 5.75 Å². The topological polar surface area (TPSA) is 71.1 Å². The van der Waals surface area contributed by atoms with E-state index in [1.807, 2.05) is 43.3 Å². The van der Waals surface area contributed by atoms with Gasteiger partial charge in [-0.3, -0.25) is 0 Å². The van der Waals surface area contributed by atoms with Gasteiger partial charge in [-0.15, -0.1) is 13.2 Å². The van der Waals surface area contributed by atoms with Crippen molar-refractivity contribution in [2.75, 3.05) is 0 Å². The molecule has 1 N–H and O–H groups in total. The summed E-state index contributed by atoms with van der Waals surface area (Å²) in [6.07, 6.45) is -2.16. The van der Waals surface area contributed by atoms with Gasteiger partial charge >= 0.3 is 6.36 Å². The number of aliphatic hydroxyl groups is 1. The van der Waals surface area contributed by atoms with E-state index >= 15 is 0 Å². The Kier molecular flexibility index (Phi) is 5.48. The fourth-order valence-electron chi connectivity index (χ4n) is 5.76. The van der Waals surface area contributed by atoms with E-state index in [2.05, 4.69) is 17.7 Å². The van der Waals surface area contributed by atoms with E-state index in [0.717, 1.165) is 35.4 Å². The van der Waals surface area contributed by atoms with Crippen LogP contribution in [0.25, 0.3) is 16.9 Å². The monoisotopic (exact) mass is 479 g/mol. The third-order valence-electron chi connectivity index (χ3n) is 7.37. The minimum absolute atomic E-state index is 0.0941. The average Bonchev–Trinajstić information content (AvgIpc) is 3.22. The van der Waals surface area contributed by atoms with Gasteiger partial charge in [0.1, 0.15) is 5.75 Å². The Labute approximate surface area is 201 Å². The molecular weight excluding hydrogens is 455 g/mol. The summed E-state index contributed by atoms with van der Waals surface area (Å²) in [6, 6.07) is 17.5. The molecule has 1 aromatic heterocycles. The van der Waals surface area contributed by atoms with E-state index in [9.17, 15) is 23.5 Å². The SMILES string of the molecule is C[C@H]1C(O)C(C#N)=C[C@@]2(C)c3nn(-c4ccc(OC(F)(F)F)cc4)c(-c4ccccc4)c3CC[C@H]12. The Balaban J connectivity index is 1.69. The zero-order valence-corrected chi connectivity index (χ0v) is 19.3. The minimum atomic E-state index is -4.77. The molecule has 0 amide bonds. The maximum atomic E-state index is 12.6. The number of alkyl halides is 3. The lowest BCUT2D eigenvalue weighted by molar-refractivity contribution is -0.274. The molecule has 5 nitrogen and oxygen atoms in total. The molecule has 0 bridgehead atoms. The van der Waals surface area contributed by atoms with Crippen molar-refractivity contribution in [3.8, 4) is 28.8 Å². The number of ether oxygens (including phenoxy) is 1. The molecule has 2 aliphatic carbocycles. The molecular formula is C27H24F3N3O2. The van der Waals surface area contributed by atoms with Crippen molar-refractivity contribution >= 4 is 0 Å². The van der Waals surface area contributed by atoms with E-state index < -0.39 is 17.9 Å². The van der Waals surface area contributed by atoms with Gasteiger partial charge in [0.15, 0.2) is 0 Å². The lowest BCUT2D eigenvalue weighted by Crippen LogP contribution is -2.47. The summed E-state index contributed by atoms with van der Waals surface area (Å²) >= 11 is 0. The number of hydrogen-bond acceptors (Lipinski definition) is 4. The van der Waals surface area contributed by atoms with Gasteiger partial charge < -0.3 is 9.84 Å². The van der Waals surface area contributed by atoms with Crippen LogP contribution in [-0.4, -0.2) is 27.4 Å². The predicted molar refractivity (Wildman–Crippen MR) is 124 cm³/mol. The maximum Gasteiger partial charge on any atom is 0.573 e. The molecule has 4 atom stereocenters. The van der Waals surface area contributed by atoms with Crippen molar-refractivity contribution in [3.63, 3.8) is 0 Å². The van der Waals surface area contributed by atoms with Crippen molar-refractivity contribution in [2.45, 2.75) is 44.6 Å². The van der Waals surface area contributed by atoms with Crippen molar-refractivity contribution in [1.29, 1.82) is 5.26 Å². The molecule has 8 heteroatoms. The summed E-state index contributed by atoms with van der Waals surface area (Å²) < 4.78 is 43.7. The molecule has 1 unspecified atom stereocenters. The van der Waals surface area contributed by atoms with Crippen molar-refractivity contribution in [3.05, 3.63) is 77.5 Å². The fraction of sp³-hybridized carbons (Fsp3) is 0.333. The molecule has 0 saturated carbocycles. The van der Waals surface area contributed by atoms with E-state index in [1.54, 1.807) is 16.8 Å². The van der Waals surface area contributed by atoms with Gasteiger partial charge in [0.25, 0.3) is 0 Å². The van der Waals surface area contributed by atoms with Crippen molar-refractivity contribution in [2.24, 2.45) is 11.8 Å². The number of fused-ring (bicyclic) bond motifs is 3. The molecule has 0 saturated heterocycles. The highest BCUT2D eigenvalue weighted by Crippen LogP contribution is 2.52. The first kappa shape index (κ1) is 23.2. The number of rotatable bonds is 3. The van der Waals surface area contributed by atoms with Gasteiger partial charge in [-0.05, 0) is 48.9 Å². The normalized spacial score (nSPS) is 25.7. The summed E-state index contributed by atoms with van der Waals surface area (Å²) in [4.78, 5) is 0. The van der Waals surface area contributed by atoms with Crippen molar-refractivity contribution in [1.82, 2.24) is 9.78 Å². The number of aromatic nitrogens is 2. The van der Waals surface area contributed by atoms with Gasteiger partial charge in [-0.1, -0.05) is 50.3 Å². The van der Waals surface area contributed by atoms with Crippen LogP contribution in [0.4, 0.5) is 13.2 Å². The molecule has 0 aliphatic heterocycles. The van der Waals surface area contributed by atoms with E-state index in [4.69, 9.17) is 5.10 Å². The van der Waals surface area contributed by atoms with Crippen LogP contribution >= 0.6 is 0 Å². The number of nitrogens with zero attached hydrogens (tertiary/aromatic N) is 3. The first-order chi connectivity index (χ1) is 16.6. The second kappa shape index (κ2) is 8.28. The maximum absolute atomic E-state index is 12.6. The summed E-state index contributed by atoms with van der Waals surface area (Å²) in [6.45, 7) is 4.03. The van der Waals surface area contributed by atoms with Crippen LogP contribution in [0.2, 0.25) is 0 Å². The molecule has 0 radical (unpaired) electrons. The van der Waals surface area contributed by atoms with Crippen LogP contribution in [-0.2, 0) is 11.8 Å². The lowest BCUT2D eigenvalue weighted by atomic mass is 9.57. The number of allylic oxidation sites excluding steroid dienone is 1. The Hall–Kier alpha value is -3.57. The largest absolute Gasteiger partial charge is 0.573 e. The number of benzene rings is 2. The molecule has 3 aromatic rings. The zero-order chi connectivity index (χ0) is 25.0. The van der Waals surface area contributed by atoms with E-state index in [1.165, 1.54) is 12.1 Å².